The van der Waals surface area contributed by atoms with Crippen LogP contribution >= 0.6 is 6.64 Å². The highest BCUT2D eigenvalue weighted by Gasteiger charge is 2.54. The number of aryl methyl sites for hydroxylation is 1. The van der Waals surface area contributed by atoms with Gasteiger partial charge in [0.25, 0.3) is 0 Å². The van der Waals surface area contributed by atoms with Crippen molar-refractivity contribution in [3.05, 3.63) is 54.4 Å². The molecule has 4 rings (SSSR count). The zero-order chi connectivity index (χ0) is 29.2. The van der Waals surface area contributed by atoms with Gasteiger partial charge in [0.15, 0.2) is 6.23 Å². The maximum atomic E-state index is 12.5. The fourth-order valence-corrected chi connectivity index (χ4v) is 6.88. The van der Waals surface area contributed by atoms with Gasteiger partial charge < -0.3 is 38.0 Å². The molecule has 6 atom stereocenters. The van der Waals surface area contributed by atoms with E-state index in [1.807, 2.05) is 25.1 Å². The summed E-state index contributed by atoms with van der Waals surface area (Å²) in [6.45, 7) is 4.90. The van der Waals surface area contributed by atoms with E-state index < -0.39 is 42.7 Å². The second kappa shape index (κ2) is 12.1. The summed E-state index contributed by atoms with van der Waals surface area (Å²) < 4.78 is 30.7. The van der Waals surface area contributed by atoms with Crippen LogP contribution in [0.25, 0.3) is 11.0 Å². The molecule has 3 aromatic rings. The van der Waals surface area contributed by atoms with E-state index in [2.05, 4.69) is 10.1 Å². The van der Waals surface area contributed by atoms with Crippen LogP contribution in [0, 0.1) is 6.92 Å². The van der Waals surface area contributed by atoms with Crippen LogP contribution in [0.15, 0.2) is 48.8 Å². The minimum atomic E-state index is -3.38. The first-order valence-corrected chi connectivity index (χ1v) is 15.5. The zero-order valence-electron chi connectivity index (χ0n) is 23.3. The molecule has 1 fully saturated rings. The van der Waals surface area contributed by atoms with Crippen molar-refractivity contribution in [2.75, 3.05) is 13.7 Å². The predicted molar refractivity (Wildman–Crippen MR) is 153 cm³/mol. The van der Waals surface area contributed by atoms with Crippen LogP contribution in [0.3, 0.4) is 0 Å². The number of carbonyl (C=O) groups excluding carboxylic acids is 1. The highest BCUT2D eigenvalue weighted by atomic mass is 32.5. The lowest BCUT2D eigenvalue weighted by molar-refractivity contribution is -0.149. The molecule has 0 radical (unpaired) electrons. The lowest BCUT2D eigenvalue weighted by Crippen LogP contribution is -2.44. The Morgan fingerprint density at radius 2 is 1.98 bits per heavy atom. The Bertz CT molecular complexity index is 1380. The molecule has 2 heterocycles. The summed E-state index contributed by atoms with van der Waals surface area (Å²) in [6.07, 6.45) is -2.09. The number of nitrogens with one attached hydrogen (secondary N) is 1. The summed E-state index contributed by atoms with van der Waals surface area (Å²) in [6, 6.07) is 11.7. The summed E-state index contributed by atoms with van der Waals surface area (Å²) in [7, 11) is 1.56. The molecule has 1 saturated heterocycles. The molecule has 0 spiro atoms. The minimum absolute atomic E-state index is 0.230. The largest absolute Gasteiger partial charge is 0.494 e. The number of hydrogen-bond donors (Lipinski definition) is 3. The molecule has 0 bridgehead atoms. The molecular weight excluding hydrogens is 557 g/mol. The van der Waals surface area contributed by atoms with Crippen LogP contribution in [-0.4, -0.2) is 69.4 Å². The van der Waals surface area contributed by atoms with Gasteiger partial charge >= 0.3 is 12.6 Å². The summed E-state index contributed by atoms with van der Waals surface area (Å²) in [5, 5.41) is 25.4. The van der Waals surface area contributed by atoms with Crippen LogP contribution < -0.4 is 14.3 Å². The van der Waals surface area contributed by atoms with Crippen molar-refractivity contribution in [1.82, 2.24) is 14.6 Å². The van der Waals surface area contributed by atoms with Gasteiger partial charge in [-0.15, -0.1) is 0 Å². The number of carbonyl (C=O) groups is 1. The third-order valence-corrected chi connectivity index (χ3v) is 8.95. The molecule has 0 saturated carbocycles. The van der Waals surface area contributed by atoms with Crippen molar-refractivity contribution in [3.8, 4) is 11.5 Å². The first-order valence-electron chi connectivity index (χ1n) is 12.9. The highest BCUT2D eigenvalue weighted by Crippen LogP contribution is 2.47. The Hall–Kier alpha value is -2.57. The van der Waals surface area contributed by atoms with Crippen LogP contribution in [0.1, 0.15) is 39.5 Å². The molecule has 1 aliphatic rings. The smallest absolute Gasteiger partial charge is 0.323 e. The number of para-hydroxylation sites is 1. The number of aliphatic hydroxyl groups excluding tert-OH is 1. The van der Waals surface area contributed by atoms with E-state index in [1.54, 1.807) is 56.7 Å². The third kappa shape index (κ3) is 6.49. The molecule has 40 heavy (non-hydrogen) atoms. The molecule has 2 aromatic carbocycles. The fourth-order valence-electron chi connectivity index (χ4n) is 4.46. The number of nitrogens with zero attached hydrogens (tertiary/aromatic N) is 2. The lowest BCUT2D eigenvalue weighted by Gasteiger charge is -2.28. The van der Waals surface area contributed by atoms with Gasteiger partial charge in [0, 0.05) is 0 Å². The number of rotatable bonds is 11. The van der Waals surface area contributed by atoms with Crippen LogP contribution in [0.2, 0.25) is 0 Å². The number of esters is 1. The number of ether oxygens (including phenoxy) is 3. The van der Waals surface area contributed by atoms with Crippen molar-refractivity contribution >= 4 is 35.5 Å². The second-order valence-corrected chi connectivity index (χ2v) is 13.4. The summed E-state index contributed by atoms with van der Waals surface area (Å²) >= 11 is 5.76. The summed E-state index contributed by atoms with van der Waals surface area (Å²) in [5.74, 6) is 0.513. The van der Waals surface area contributed by atoms with Crippen LogP contribution in [0.4, 0.5) is 0 Å². The fraction of sp³-hybridized carbons (Fsp3) is 0.481. The molecule has 11 nitrogen and oxygen atoms in total. The first kappa shape index (κ1) is 30.4. The quantitative estimate of drug-likeness (QED) is 0.222. The van der Waals surface area contributed by atoms with E-state index in [9.17, 15) is 15.0 Å². The van der Waals surface area contributed by atoms with E-state index in [4.69, 9.17) is 35.1 Å². The van der Waals surface area contributed by atoms with Gasteiger partial charge in [-0.05, 0) is 76.3 Å². The Labute approximate surface area is 238 Å². The second-order valence-electron chi connectivity index (χ2n) is 10.2. The van der Waals surface area contributed by atoms with Crippen molar-refractivity contribution in [2.24, 2.45) is 0 Å². The monoisotopic (exact) mass is 593 g/mol. The standard InChI is InChI=1S/C27H36N3O8PS/c1-16(2)36-25(32)18(4)29-39(40,38-19-10-8-7-9-11-19)35-14-22-24(31)27(5,33)26(37-22)30-15-28-23-20(30)12-17(3)13-21(23)34-6/h7-13,15-16,18,22,24,26,31,33H,14H2,1-6H3,(H,29,40)/t18?,22-,24?,26-,27?,39?/m1/s1. The van der Waals surface area contributed by atoms with Gasteiger partial charge in [0.1, 0.15) is 40.9 Å². The van der Waals surface area contributed by atoms with Gasteiger partial charge in [-0.2, -0.15) is 0 Å². The molecule has 13 heteroatoms. The maximum Gasteiger partial charge on any atom is 0.323 e. The van der Waals surface area contributed by atoms with E-state index in [0.717, 1.165) is 5.56 Å². The topological polar surface area (TPSA) is 134 Å². The molecule has 1 aromatic heterocycles. The average molecular weight is 594 g/mol. The normalized spacial score (nSPS) is 25.1. The van der Waals surface area contributed by atoms with E-state index in [0.29, 0.717) is 22.5 Å². The number of fused-ring (bicyclic) bond motifs is 1. The Morgan fingerprint density at radius 1 is 1.27 bits per heavy atom. The number of aromatic nitrogens is 2. The SMILES string of the molecule is COc1cc(C)cc2c1ncn2[C@@H]1O[C@H](COP(=S)(NC(C)C(=O)OC(C)C)Oc2ccccc2)C(O)C1(C)O. The molecular formula is C27H36N3O8PS. The Morgan fingerprint density at radius 3 is 2.62 bits per heavy atom. The van der Waals surface area contributed by atoms with Crippen molar-refractivity contribution in [1.29, 1.82) is 0 Å². The van der Waals surface area contributed by atoms with Crippen LogP contribution in [-0.2, 0) is 30.6 Å². The minimum Gasteiger partial charge on any atom is -0.494 e. The van der Waals surface area contributed by atoms with E-state index in [1.165, 1.54) is 13.3 Å². The van der Waals surface area contributed by atoms with E-state index in [-0.39, 0.29) is 12.7 Å². The molecule has 0 aliphatic carbocycles. The van der Waals surface area contributed by atoms with Gasteiger partial charge in [-0.3, -0.25) is 4.79 Å². The molecule has 1 aliphatic heterocycles. The Balaban J connectivity index is 1.56. The number of benzene rings is 2. The number of hydrogen-bond acceptors (Lipinski definition) is 10. The van der Waals surface area contributed by atoms with E-state index >= 15 is 0 Å². The summed E-state index contributed by atoms with van der Waals surface area (Å²) in [4.78, 5) is 16.9. The molecule has 218 valence electrons. The number of imidazole rings is 1. The van der Waals surface area contributed by atoms with Crippen molar-refractivity contribution in [2.45, 2.75) is 70.8 Å². The van der Waals surface area contributed by atoms with Gasteiger partial charge in [-0.25, -0.2) is 10.1 Å². The van der Waals surface area contributed by atoms with Gasteiger partial charge in [0.2, 0.25) is 0 Å². The molecule has 3 N–H and O–H groups in total. The van der Waals surface area contributed by atoms with Gasteiger partial charge in [0.05, 0.1) is 31.7 Å². The number of aliphatic hydroxyl groups is 2. The third-order valence-electron chi connectivity index (χ3n) is 6.45. The van der Waals surface area contributed by atoms with Gasteiger partial charge in [-0.1, -0.05) is 18.2 Å². The summed E-state index contributed by atoms with van der Waals surface area (Å²) in [5.41, 5.74) is 0.495. The van der Waals surface area contributed by atoms with Crippen LogP contribution in [0.5, 0.6) is 11.5 Å². The molecule has 4 unspecified atom stereocenters. The molecule has 0 amide bonds. The average Bonchev–Trinajstić information content (AvgIpc) is 3.40. The maximum absolute atomic E-state index is 12.5. The van der Waals surface area contributed by atoms with Crippen molar-refractivity contribution < 1.29 is 38.3 Å². The predicted octanol–water partition coefficient (Wildman–Crippen LogP) is 3.61. The highest BCUT2D eigenvalue weighted by molar-refractivity contribution is 8.09. The number of methoxy groups -OCH3 is 1. The zero-order valence-corrected chi connectivity index (χ0v) is 25.0. The first-order chi connectivity index (χ1) is 18.8. The van der Waals surface area contributed by atoms with Crippen molar-refractivity contribution in [3.63, 3.8) is 0 Å². The lowest BCUT2D eigenvalue weighted by atomic mass is 9.96. The Kier molecular flexibility index (Phi) is 9.21.